The van der Waals surface area contributed by atoms with Crippen molar-refractivity contribution in [3.8, 4) is 5.75 Å². The number of nitrogens with one attached hydrogen (secondary N) is 1. The molecule has 0 aromatic heterocycles. The number of hydrogen-bond acceptors (Lipinski definition) is 5. The molecule has 0 radical (unpaired) electrons. The lowest BCUT2D eigenvalue weighted by Gasteiger charge is -2.28. The zero-order valence-corrected chi connectivity index (χ0v) is 18.7. The van der Waals surface area contributed by atoms with E-state index in [1.165, 1.54) is 6.26 Å². The van der Waals surface area contributed by atoms with E-state index in [0.29, 0.717) is 17.0 Å². The van der Waals surface area contributed by atoms with Crippen molar-refractivity contribution >= 4 is 27.3 Å². The monoisotopic (exact) mass is 442 g/mol. The van der Waals surface area contributed by atoms with E-state index in [4.69, 9.17) is 4.74 Å². The summed E-state index contributed by atoms with van der Waals surface area (Å²) in [6.07, 6.45) is 2.91. The number of hydrogen-bond donors (Lipinski definition) is 1. The number of aryl methyl sites for hydroxylation is 1. The summed E-state index contributed by atoms with van der Waals surface area (Å²) in [7, 11) is -1.80. The SMILES string of the molecule is COc1ccc([C@@H](CS(C)(=O)=O)N2Cc3cccc(NC(=O)C4CC4)c3C2=O)cc1C. The van der Waals surface area contributed by atoms with E-state index in [1.54, 1.807) is 36.3 Å². The summed E-state index contributed by atoms with van der Waals surface area (Å²) in [5, 5.41) is 2.89. The number of anilines is 1. The van der Waals surface area contributed by atoms with Gasteiger partial charge in [-0.1, -0.05) is 24.3 Å². The molecule has 2 aliphatic rings. The molecule has 4 rings (SSSR count). The minimum atomic E-state index is -3.38. The second-order valence-electron chi connectivity index (χ2n) is 8.37. The lowest BCUT2D eigenvalue weighted by atomic mass is 10.0. The van der Waals surface area contributed by atoms with Crippen LogP contribution in [0.1, 0.15) is 45.9 Å². The number of sulfone groups is 1. The molecule has 0 bridgehead atoms. The highest BCUT2D eigenvalue weighted by Crippen LogP contribution is 2.38. The Labute approximate surface area is 182 Å². The molecule has 0 spiro atoms. The summed E-state index contributed by atoms with van der Waals surface area (Å²) in [4.78, 5) is 27.3. The zero-order chi connectivity index (χ0) is 22.3. The maximum Gasteiger partial charge on any atom is 0.257 e. The van der Waals surface area contributed by atoms with Crippen LogP contribution in [-0.4, -0.2) is 44.3 Å². The van der Waals surface area contributed by atoms with Gasteiger partial charge in [-0.3, -0.25) is 9.59 Å². The van der Waals surface area contributed by atoms with Crippen LogP contribution in [0.4, 0.5) is 5.69 Å². The molecule has 164 valence electrons. The van der Waals surface area contributed by atoms with Crippen LogP contribution in [0.15, 0.2) is 36.4 Å². The van der Waals surface area contributed by atoms with Crippen molar-refractivity contribution in [2.45, 2.75) is 32.4 Å². The number of nitrogens with zero attached hydrogens (tertiary/aromatic N) is 1. The van der Waals surface area contributed by atoms with E-state index < -0.39 is 15.9 Å². The van der Waals surface area contributed by atoms with E-state index >= 15 is 0 Å². The Kier molecular flexibility index (Phi) is 5.51. The van der Waals surface area contributed by atoms with Crippen molar-refractivity contribution in [3.63, 3.8) is 0 Å². The topological polar surface area (TPSA) is 92.8 Å². The molecule has 1 fully saturated rings. The summed E-state index contributed by atoms with van der Waals surface area (Å²) in [6.45, 7) is 2.17. The predicted octanol–water partition coefficient (Wildman–Crippen LogP) is 3.09. The summed E-state index contributed by atoms with van der Waals surface area (Å²) in [5.74, 6) is 0.177. The summed E-state index contributed by atoms with van der Waals surface area (Å²) >= 11 is 0. The first-order valence-corrected chi connectivity index (χ1v) is 12.3. The Bertz CT molecular complexity index is 1150. The van der Waals surface area contributed by atoms with E-state index in [9.17, 15) is 18.0 Å². The van der Waals surface area contributed by atoms with Crippen LogP contribution in [0.25, 0.3) is 0 Å². The summed E-state index contributed by atoms with van der Waals surface area (Å²) in [6, 6.07) is 10.2. The third kappa shape index (κ3) is 4.44. The molecule has 2 amide bonds. The van der Waals surface area contributed by atoms with E-state index in [-0.39, 0.29) is 30.0 Å². The number of ether oxygens (including phenoxy) is 1. The maximum absolute atomic E-state index is 13.4. The quantitative estimate of drug-likeness (QED) is 0.711. The molecule has 1 aliphatic heterocycles. The van der Waals surface area contributed by atoms with Crippen molar-refractivity contribution in [1.29, 1.82) is 0 Å². The Morgan fingerprint density at radius 2 is 2.00 bits per heavy atom. The van der Waals surface area contributed by atoms with Crippen LogP contribution < -0.4 is 10.1 Å². The molecule has 0 unspecified atom stereocenters. The van der Waals surface area contributed by atoms with Crippen LogP contribution in [-0.2, 0) is 21.2 Å². The van der Waals surface area contributed by atoms with E-state index in [0.717, 1.165) is 29.5 Å². The van der Waals surface area contributed by atoms with Crippen LogP contribution in [0.3, 0.4) is 0 Å². The number of carbonyl (C=O) groups is 2. The fourth-order valence-electron chi connectivity index (χ4n) is 4.08. The van der Waals surface area contributed by atoms with Crippen LogP contribution in [0, 0.1) is 12.8 Å². The normalized spacial score (nSPS) is 16.7. The molecule has 7 nitrogen and oxygen atoms in total. The van der Waals surface area contributed by atoms with Crippen LogP contribution in [0.5, 0.6) is 5.75 Å². The third-order valence-corrected chi connectivity index (χ3v) is 6.73. The van der Waals surface area contributed by atoms with Gasteiger partial charge in [0.1, 0.15) is 15.6 Å². The second-order valence-corrected chi connectivity index (χ2v) is 10.6. The molecular formula is C23H26N2O5S. The second kappa shape index (κ2) is 8.00. The number of methoxy groups -OCH3 is 1. The molecule has 2 aromatic carbocycles. The maximum atomic E-state index is 13.4. The summed E-state index contributed by atoms with van der Waals surface area (Å²) in [5.41, 5.74) is 3.31. The molecule has 8 heteroatoms. The Morgan fingerprint density at radius 1 is 1.26 bits per heavy atom. The molecule has 2 aromatic rings. The summed E-state index contributed by atoms with van der Waals surface area (Å²) < 4.78 is 29.8. The van der Waals surface area contributed by atoms with Gasteiger partial charge >= 0.3 is 0 Å². The van der Waals surface area contributed by atoms with Gasteiger partial charge in [0.2, 0.25) is 5.91 Å². The molecule has 1 heterocycles. The van der Waals surface area contributed by atoms with E-state index in [2.05, 4.69) is 5.32 Å². The highest BCUT2D eigenvalue weighted by Gasteiger charge is 2.38. The highest BCUT2D eigenvalue weighted by molar-refractivity contribution is 7.90. The van der Waals surface area contributed by atoms with E-state index in [1.807, 2.05) is 19.1 Å². The van der Waals surface area contributed by atoms with Gasteiger partial charge in [0.05, 0.1) is 30.2 Å². The van der Waals surface area contributed by atoms with Gasteiger partial charge < -0.3 is 15.0 Å². The largest absolute Gasteiger partial charge is 0.496 e. The number of rotatable bonds is 7. The molecule has 1 aliphatic carbocycles. The van der Waals surface area contributed by atoms with Crippen LogP contribution >= 0.6 is 0 Å². The third-order valence-electron chi connectivity index (χ3n) is 5.81. The zero-order valence-electron chi connectivity index (χ0n) is 17.8. The van der Waals surface area contributed by atoms with Crippen molar-refractivity contribution < 1.29 is 22.7 Å². The van der Waals surface area contributed by atoms with Gasteiger partial charge in [-0.2, -0.15) is 0 Å². The average Bonchev–Trinajstić information content (AvgIpc) is 3.50. The van der Waals surface area contributed by atoms with Gasteiger partial charge in [-0.05, 0) is 48.6 Å². The first-order valence-electron chi connectivity index (χ1n) is 10.2. The van der Waals surface area contributed by atoms with Crippen molar-refractivity contribution in [3.05, 3.63) is 58.7 Å². The minimum absolute atomic E-state index is 0.0173. The van der Waals surface area contributed by atoms with Gasteiger partial charge in [-0.25, -0.2) is 8.42 Å². The molecule has 1 atom stereocenters. The first-order chi connectivity index (χ1) is 14.7. The van der Waals surface area contributed by atoms with Gasteiger partial charge in [-0.15, -0.1) is 0 Å². The smallest absolute Gasteiger partial charge is 0.257 e. The molecule has 1 saturated carbocycles. The lowest BCUT2D eigenvalue weighted by molar-refractivity contribution is -0.117. The fraction of sp³-hybridized carbons (Fsp3) is 0.391. The molecule has 1 N–H and O–H groups in total. The van der Waals surface area contributed by atoms with Gasteiger partial charge in [0, 0.05) is 18.7 Å². The Hall–Kier alpha value is -2.87. The Balaban J connectivity index is 1.69. The lowest BCUT2D eigenvalue weighted by Crippen LogP contribution is -2.34. The average molecular weight is 443 g/mol. The minimum Gasteiger partial charge on any atom is -0.496 e. The number of benzene rings is 2. The standard InChI is InChI=1S/C23H26N2O5S/c1-14-11-16(9-10-20(14)30-2)19(13-31(3,28)29)25-12-17-5-4-6-18(21(17)23(25)27)24-22(26)15-7-8-15/h4-6,9-11,15,19H,7-8,12-13H2,1-3H3,(H,24,26)/t19-/m1/s1. The molecular weight excluding hydrogens is 416 g/mol. The highest BCUT2D eigenvalue weighted by atomic mass is 32.2. The Morgan fingerprint density at radius 3 is 2.61 bits per heavy atom. The van der Waals surface area contributed by atoms with Crippen LogP contribution in [0.2, 0.25) is 0 Å². The molecule has 0 saturated heterocycles. The van der Waals surface area contributed by atoms with Crippen molar-refractivity contribution in [2.75, 3.05) is 24.4 Å². The fourth-order valence-corrected chi connectivity index (χ4v) is 5.03. The van der Waals surface area contributed by atoms with Crippen molar-refractivity contribution in [2.24, 2.45) is 5.92 Å². The number of fused-ring (bicyclic) bond motifs is 1. The van der Waals surface area contributed by atoms with Crippen molar-refractivity contribution in [1.82, 2.24) is 4.90 Å². The first kappa shape index (κ1) is 21.4. The molecule has 31 heavy (non-hydrogen) atoms. The number of carbonyl (C=O) groups excluding carboxylic acids is 2. The predicted molar refractivity (Wildman–Crippen MR) is 118 cm³/mol. The van der Waals surface area contributed by atoms with Gasteiger partial charge in [0.25, 0.3) is 5.91 Å². The van der Waals surface area contributed by atoms with Gasteiger partial charge in [0.15, 0.2) is 0 Å². The number of amides is 2.